The second-order valence-corrected chi connectivity index (χ2v) is 9.35. The average molecular weight is 540 g/mol. The van der Waals surface area contributed by atoms with E-state index in [9.17, 15) is 9.59 Å². The molecule has 206 valence electrons. The van der Waals surface area contributed by atoms with Crippen molar-refractivity contribution in [3.63, 3.8) is 0 Å². The molecule has 8 nitrogen and oxygen atoms in total. The summed E-state index contributed by atoms with van der Waals surface area (Å²) in [5.41, 5.74) is 6.16. The zero-order valence-corrected chi connectivity index (χ0v) is 23.4. The average Bonchev–Trinajstić information content (AvgIpc) is 3.22. The lowest BCUT2D eigenvalue weighted by molar-refractivity contribution is -0.111. The summed E-state index contributed by atoms with van der Waals surface area (Å²) in [5, 5.41) is 7.53. The van der Waals surface area contributed by atoms with E-state index in [1.807, 2.05) is 75.4 Å². The van der Waals surface area contributed by atoms with Crippen molar-refractivity contribution >= 4 is 23.6 Å². The Morgan fingerprint density at radius 3 is 2.50 bits per heavy atom. The predicted molar refractivity (Wildman–Crippen MR) is 155 cm³/mol. The summed E-state index contributed by atoms with van der Waals surface area (Å²) in [6.45, 7) is 6.42. The molecule has 0 aliphatic rings. The first-order valence-electron chi connectivity index (χ1n) is 12.8. The number of carbonyl (C=O) groups excluding carboxylic acids is 2. The maximum Gasteiger partial charge on any atom is 0.338 e. The molecule has 8 heteroatoms. The Morgan fingerprint density at radius 1 is 0.950 bits per heavy atom. The predicted octanol–water partition coefficient (Wildman–Crippen LogP) is 5.88. The molecule has 1 heterocycles. The number of aryl methyl sites for hydroxylation is 2. The first-order chi connectivity index (χ1) is 19.3. The summed E-state index contributed by atoms with van der Waals surface area (Å²) in [5.74, 6) is 0.803. The number of nitrogens with one attached hydrogen (secondary N) is 1. The Bertz CT molecular complexity index is 1550. The van der Waals surface area contributed by atoms with Gasteiger partial charge in [0, 0.05) is 11.6 Å². The van der Waals surface area contributed by atoms with Crippen LogP contribution in [0.5, 0.6) is 11.5 Å². The van der Waals surface area contributed by atoms with Crippen molar-refractivity contribution < 1.29 is 23.8 Å². The number of ether oxygens (including phenoxy) is 3. The molecule has 0 atom stereocenters. The maximum atomic E-state index is 12.8. The Hall–Kier alpha value is -4.85. The molecule has 0 fully saturated rings. The lowest BCUT2D eigenvalue weighted by Crippen LogP contribution is -2.12. The number of carbonyl (C=O) groups is 2. The van der Waals surface area contributed by atoms with Crippen LogP contribution in [0.4, 0.5) is 5.69 Å². The molecule has 1 N–H and O–H groups in total. The molecule has 0 aliphatic carbocycles. The Morgan fingerprint density at radius 2 is 1.75 bits per heavy atom. The van der Waals surface area contributed by atoms with E-state index in [2.05, 4.69) is 10.4 Å². The van der Waals surface area contributed by atoms with Crippen LogP contribution in [-0.2, 0) is 22.7 Å². The normalized spacial score (nSPS) is 10.9. The SMILES string of the molecule is COC(=O)c1ccccc1Cn1nc(C)c(NC(=O)/C=C/c2ccc(OC)c(COc3cccc(C)c3)c2)c1C. The number of hydrogen-bond donors (Lipinski definition) is 1. The highest BCUT2D eigenvalue weighted by Gasteiger charge is 2.17. The summed E-state index contributed by atoms with van der Waals surface area (Å²) in [4.78, 5) is 25.0. The third kappa shape index (κ3) is 6.77. The molecule has 0 saturated carbocycles. The monoisotopic (exact) mass is 539 g/mol. The van der Waals surface area contributed by atoms with Gasteiger partial charge in [-0.3, -0.25) is 9.48 Å². The van der Waals surface area contributed by atoms with Gasteiger partial charge in [0.1, 0.15) is 18.1 Å². The molecule has 1 amide bonds. The summed E-state index contributed by atoms with van der Waals surface area (Å²) < 4.78 is 18.1. The molecular weight excluding hydrogens is 506 g/mol. The van der Waals surface area contributed by atoms with Crippen molar-refractivity contribution in [3.05, 3.63) is 112 Å². The highest BCUT2D eigenvalue weighted by molar-refractivity contribution is 6.02. The Labute approximate surface area is 234 Å². The molecule has 3 aromatic carbocycles. The first kappa shape index (κ1) is 28.2. The van der Waals surface area contributed by atoms with Crippen LogP contribution in [-0.4, -0.2) is 35.9 Å². The largest absolute Gasteiger partial charge is 0.496 e. The van der Waals surface area contributed by atoms with Gasteiger partial charge >= 0.3 is 5.97 Å². The van der Waals surface area contributed by atoms with E-state index < -0.39 is 5.97 Å². The lowest BCUT2D eigenvalue weighted by atomic mass is 10.1. The van der Waals surface area contributed by atoms with Gasteiger partial charge in [-0.1, -0.05) is 36.4 Å². The van der Waals surface area contributed by atoms with E-state index in [0.29, 0.717) is 35.8 Å². The van der Waals surface area contributed by atoms with Crippen LogP contribution >= 0.6 is 0 Å². The molecule has 4 aromatic rings. The number of amides is 1. The van der Waals surface area contributed by atoms with Crippen LogP contribution in [0.25, 0.3) is 6.08 Å². The zero-order valence-electron chi connectivity index (χ0n) is 23.4. The fourth-order valence-corrected chi connectivity index (χ4v) is 4.38. The maximum absolute atomic E-state index is 12.8. The van der Waals surface area contributed by atoms with Crippen LogP contribution in [0.15, 0.2) is 72.8 Å². The highest BCUT2D eigenvalue weighted by Crippen LogP contribution is 2.24. The number of methoxy groups -OCH3 is 2. The number of esters is 1. The van der Waals surface area contributed by atoms with E-state index in [-0.39, 0.29) is 5.91 Å². The fraction of sp³-hybridized carbons (Fsp3) is 0.219. The number of aromatic nitrogens is 2. The van der Waals surface area contributed by atoms with Crippen molar-refractivity contribution in [3.8, 4) is 11.5 Å². The molecule has 0 saturated heterocycles. The molecule has 40 heavy (non-hydrogen) atoms. The van der Waals surface area contributed by atoms with Crippen molar-refractivity contribution in [1.29, 1.82) is 0 Å². The molecule has 1 aromatic heterocycles. The smallest absolute Gasteiger partial charge is 0.338 e. The van der Waals surface area contributed by atoms with Crippen molar-refractivity contribution in [2.24, 2.45) is 0 Å². The van der Waals surface area contributed by atoms with Gasteiger partial charge in [-0.2, -0.15) is 5.10 Å². The minimum absolute atomic E-state index is 0.283. The summed E-state index contributed by atoms with van der Waals surface area (Å²) in [7, 11) is 2.98. The topological polar surface area (TPSA) is 91.7 Å². The van der Waals surface area contributed by atoms with Crippen molar-refractivity contribution in [2.75, 3.05) is 19.5 Å². The molecule has 0 unspecified atom stereocenters. The number of anilines is 1. The molecule has 0 bridgehead atoms. The van der Waals surface area contributed by atoms with Gasteiger partial charge in [0.2, 0.25) is 5.91 Å². The second kappa shape index (κ2) is 12.8. The minimum atomic E-state index is -0.404. The second-order valence-electron chi connectivity index (χ2n) is 9.35. The van der Waals surface area contributed by atoms with Gasteiger partial charge < -0.3 is 19.5 Å². The van der Waals surface area contributed by atoms with E-state index in [0.717, 1.165) is 33.7 Å². The zero-order chi connectivity index (χ0) is 28.6. The van der Waals surface area contributed by atoms with E-state index in [1.54, 1.807) is 30.0 Å². The van der Waals surface area contributed by atoms with E-state index in [1.165, 1.54) is 13.2 Å². The van der Waals surface area contributed by atoms with Crippen LogP contribution in [0.2, 0.25) is 0 Å². The first-order valence-corrected chi connectivity index (χ1v) is 12.8. The number of nitrogens with zero attached hydrogens (tertiary/aromatic N) is 2. The standard InChI is InChI=1S/C32H33N3O5/c1-21-9-8-11-27(17-21)40-20-26-18-24(13-15-29(26)38-4)14-16-30(36)33-31-22(2)34-35(23(31)3)19-25-10-6-7-12-28(25)32(37)39-5/h6-18H,19-20H2,1-5H3,(H,33,36)/b16-14+. The van der Waals surface area contributed by atoms with Crippen molar-refractivity contribution in [2.45, 2.75) is 33.9 Å². The Kier molecular flexibility index (Phi) is 9.01. The lowest BCUT2D eigenvalue weighted by Gasteiger charge is -2.11. The van der Waals surface area contributed by atoms with Crippen LogP contribution in [0.3, 0.4) is 0 Å². The minimum Gasteiger partial charge on any atom is -0.496 e. The quantitative estimate of drug-likeness (QED) is 0.200. The molecule has 4 rings (SSSR count). The number of benzene rings is 3. The molecule has 0 aliphatic heterocycles. The van der Waals surface area contributed by atoms with Gasteiger partial charge in [0.15, 0.2) is 0 Å². The third-order valence-corrected chi connectivity index (χ3v) is 6.49. The summed E-state index contributed by atoms with van der Waals surface area (Å²) in [6.07, 6.45) is 3.22. The number of hydrogen-bond acceptors (Lipinski definition) is 6. The number of rotatable bonds is 10. The Balaban J connectivity index is 1.45. The van der Waals surface area contributed by atoms with Gasteiger partial charge in [-0.15, -0.1) is 0 Å². The van der Waals surface area contributed by atoms with Crippen molar-refractivity contribution in [1.82, 2.24) is 9.78 Å². The van der Waals surface area contributed by atoms with Crippen LogP contribution < -0.4 is 14.8 Å². The third-order valence-electron chi connectivity index (χ3n) is 6.49. The van der Waals surface area contributed by atoms with Crippen LogP contribution in [0.1, 0.15) is 44.0 Å². The van der Waals surface area contributed by atoms with Gasteiger partial charge in [0.05, 0.1) is 43.4 Å². The van der Waals surface area contributed by atoms with Gasteiger partial charge in [0.25, 0.3) is 0 Å². The van der Waals surface area contributed by atoms with E-state index in [4.69, 9.17) is 14.2 Å². The van der Waals surface area contributed by atoms with Gasteiger partial charge in [-0.05, 0) is 73.9 Å². The highest BCUT2D eigenvalue weighted by atomic mass is 16.5. The van der Waals surface area contributed by atoms with E-state index >= 15 is 0 Å². The van der Waals surface area contributed by atoms with Crippen LogP contribution in [0, 0.1) is 20.8 Å². The summed E-state index contributed by atoms with van der Waals surface area (Å²) >= 11 is 0. The van der Waals surface area contributed by atoms with Gasteiger partial charge in [-0.25, -0.2) is 4.79 Å². The fourth-order valence-electron chi connectivity index (χ4n) is 4.38. The summed E-state index contributed by atoms with van der Waals surface area (Å²) in [6, 6.07) is 20.8. The molecule has 0 radical (unpaired) electrons. The molecule has 0 spiro atoms. The molecular formula is C32H33N3O5.